The molecule has 1 aromatic rings. The molecule has 0 unspecified atom stereocenters. The molecule has 2 nitrogen and oxygen atoms in total. The predicted octanol–water partition coefficient (Wildman–Crippen LogP) is 3.03. The van der Waals surface area contributed by atoms with Crippen LogP contribution in [0.3, 0.4) is 0 Å². The number of nitrogens with zero attached hydrogens (tertiary/aromatic N) is 2. The van der Waals surface area contributed by atoms with Crippen LogP contribution in [-0.4, -0.2) is 24.5 Å². The Labute approximate surface area is 98.5 Å². The van der Waals surface area contributed by atoms with Gasteiger partial charge in [0.1, 0.15) is 0 Å². The lowest BCUT2D eigenvalue weighted by atomic mass is 9.97. The zero-order chi connectivity index (χ0) is 11.8. The van der Waals surface area contributed by atoms with Crippen molar-refractivity contribution in [2.45, 2.75) is 26.2 Å². The minimum Gasteiger partial charge on any atom is -0.304 e. The molecule has 0 saturated carbocycles. The van der Waals surface area contributed by atoms with Gasteiger partial charge in [-0.1, -0.05) is 44.2 Å². The van der Waals surface area contributed by atoms with Gasteiger partial charge in [0.2, 0.25) is 0 Å². The average molecular weight is 216 g/mol. The van der Waals surface area contributed by atoms with Crippen molar-refractivity contribution in [1.82, 2.24) is 4.90 Å². The Morgan fingerprint density at radius 2 is 1.81 bits per heavy atom. The van der Waals surface area contributed by atoms with Gasteiger partial charge in [-0.2, -0.15) is 5.26 Å². The maximum atomic E-state index is 9.17. The van der Waals surface area contributed by atoms with Crippen molar-refractivity contribution in [3.63, 3.8) is 0 Å². The third-order valence-corrected chi connectivity index (χ3v) is 2.99. The smallest absolute Gasteiger partial charge is 0.0724 e. The molecule has 0 bridgehead atoms. The molecule has 0 spiro atoms. The van der Waals surface area contributed by atoms with E-state index in [9.17, 15) is 0 Å². The molecule has 1 rings (SSSR count). The molecule has 2 heteroatoms. The van der Waals surface area contributed by atoms with Crippen LogP contribution in [0.2, 0.25) is 0 Å². The lowest BCUT2D eigenvalue weighted by Crippen LogP contribution is -2.25. The molecule has 0 aliphatic rings. The molecule has 1 aromatic carbocycles. The summed E-state index contributed by atoms with van der Waals surface area (Å²) in [7, 11) is 0. The molecule has 1 atom stereocenters. The van der Waals surface area contributed by atoms with Crippen LogP contribution in [0.25, 0.3) is 0 Å². The Bertz CT molecular complexity index is 322. The van der Waals surface area contributed by atoms with E-state index in [1.165, 1.54) is 0 Å². The van der Waals surface area contributed by atoms with Gasteiger partial charge in [-0.25, -0.2) is 0 Å². The average Bonchev–Trinajstić information content (AvgIpc) is 2.36. The number of nitriles is 1. The summed E-state index contributed by atoms with van der Waals surface area (Å²) in [6.07, 6.45) is 0.919. The first-order valence-corrected chi connectivity index (χ1v) is 5.98. The van der Waals surface area contributed by atoms with Crippen LogP contribution in [0.5, 0.6) is 0 Å². The number of hydrogen-bond donors (Lipinski definition) is 0. The van der Waals surface area contributed by atoms with Gasteiger partial charge in [-0.05, 0) is 31.6 Å². The largest absolute Gasteiger partial charge is 0.304 e. The molecule has 0 aliphatic heterocycles. The Morgan fingerprint density at radius 1 is 1.19 bits per heavy atom. The molecule has 0 N–H and O–H groups in total. The van der Waals surface area contributed by atoms with Gasteiger partial charge in [-0.3, -0.25) is 0 Å². The lowest BCUT2D eigenvalue weighted by molar-refractivity contribution is 0.296. The molecule has 0 heterocycles. The summed E-state index contributed by atoms with van der Waals surface area (Å²) in [6, 6.07) is 12.5. The Morgan fingerprint density at radius 3 is 2.31 bits per heavy atom. The summed E-state index contributed by atoms with van der Waals surface area (Å²) in [5.41, 5.74) is 1.14. The Hall–Kier alpha value is -1.33. The van der Waals surface area contributed by atoms with Crippen molar-refractivity contribution in [2.75, 3.05) is 19.6 Å². The first-order chi connectivity index (χ1) is 7.81. The Kier molecular flexibility index (Phi) is 5.60. The molecule has 86 valence electrons. The highest BCUT2D eigenvalue weighted by molar-refractivity contribution is 5.24. The molecular formula is C14H20N2. The van der Waals surface area contributed by atoms with Gasteiger partial charge in [-0.15, -0.1) is 0 Å². The SMILES string of the molecule is CCN(CC)CC[C@H](C#N)c1ccccc1. The van der Waals surface area contributed by atoms with Gasteiger partial charge >= 0.3 is 0 Å². The topological polar surface area (TPSA) is 27.0 Å². The van der Waals surface area contributed by atoms with Crippen LogP contribution in [-0.2, 0) is 0 Å². The van der Waals surface area contributed by atoms with Gasteiger partial charge in [0.05, 0.1) is 12.0 Å². The van der Waals surface area contributed by atoms with Crippen molar-refractivity contribution in [3.05, 3.63) is 35.9 Å². The van der Waals surface area contributed by atoms with Gasteiger partial charge in [0, 0.05) is 0 Å². The summed E-state index contributed by atoms with van der Waals surface area (Å²) >= 11 is 0. The monoisotopic (exact) mass is 216 g/mol. The molecule has 0 saturated heterocycles. The number of benzene rings is 1. The fourth-order valence-corrected chi connectivity index (χ4v) is 1.84. The van der Waals surface area contributed by atoms with Crippen LogP contribution in [0.1, 0.15) is 31.7 Å². The van der Waals surface area contributed by atoms with Crippen molar-refractivity contribution in [3.8, 4) is 6.07 Å². The summed E-state index contributed by atoms with van der Waals surface area (Å²) in [5.74, 6) is 0.0294. The van der Waals surface area contributed by atoms with E-state index < -0.39 is 0 Å². The van der Waals surface area contributed by atoms with Crippen molar-refractivity contribution in [2.24, 2.45) is 0 Å². The van der Waals surface area contributed by atoms with E-state index in [1.807, 2.05) is 30.3 Å². The van der Waals surface area contributed by atoms with Crippen LogP contribution < -0.4 is 0 Å². The molecule has 0 aromatic heterocycles. The summed E-state index contributed by atoms with van der Waals surface area (Å²) in [4.78, 5) is 2.35. The lowest BCUT2D eigenvalue weighted by Gasteiger charge is -2.19. The summed E-state index contributed by atoms with van der Waals surface area (Å²) < 4.78 is 0. The first kappa shape index (κ1) is 12.7. The minimum atomic E-state index is 0.0294. The van der Waals surface area contributed by atoms with Crippen LogP contribution in [0.15, 0.2) is 30.3 Å². The van der Waals surface area contributed by atoms with E-state index in [1.54, 1.807) is 0 Å². The second kappa shape index (κ2) is 7.03. The maximum Gasteiger partial charge on any atom is 0.0724 e. The van der Waals surface area contributed by atoms with Crippen molar-refractivity contribution in [1.29, 1.82) is 5.26 Å². The number of rotatable bonds is 6. The highest BCUT2D eigenvalue weighted by Crippen LogP contribution is 2.18. The van der Waals surface area contributed by atoms with Crippen LogP contribution >= 0.6 is 0 Å². The fraction of sp³-hybridized carbons (Fsp3) is 0.500. The van der Waals surface area contributed by atoms with Crippen LogP contribution in [0, 0.1) is 11.3 Å². The van der Waals surface area contributed by atoms with E-state index in [-0.39, 0.29) is 5.92 Å². The molecule has 0 radical (unpaired) electrons. The van der Waals surface area contributed by atoms with E-state index in [4.69, 9.17) is 5.26 Å². The van der Waals surface area contributed by atoms with E-state index in [0.29, 0.717) is 0 Å². The maximum absolute atomic E-state index is 9.17. The molecule has 0 aliphatic carbocycles. The van der Waals surface area contributed by atoms with Crippen molar-refractivity contribution >= 4 is 0 Å². The minimum absolute atomic E-state index is 0.0294. The van der Waals surface area contributed by atoms with E-state index in [0.717, 1.165) is 31.6 Å². The third-order valence-electron chi connectivity index (χ3n) is 2.99. The summed E-state index contributed by atoms with van der Waals surface area (Å²) in [5, 5.41) is 9.17. The van der Waals surface area contributed by atoms with Crippen LogP contribution in [0.4, 0.5) is 0 Å². The Balaban J connectivity index is 2.54. The van der Waals surface area contributed by atoms with Gasteiger partial charge in [0.25, 0.3) is 0 Å². The molecule has 0 fully saturated rings. The van der Waals surface area contributed by atoms with Crippen molar-refractivity contribution < 1.29 is 0 Å². The second-order valence-electron chi connectivity index (χ2n) is 3.91. The van der Waals surface area contributed by atoms with E-state index in [2.05, 4.69) is 24.8 Å². The highest BCUT2D eigenvalue weighted by atomic mass is 15.1. The first-order valence-electron chi connectivity index (χ1n) is 5.98. The zero-order valence-electron chi connectivity index (χ0n) is 10.2. The normalized spacial score (nSPS) is 12.4. The fourth-order valence-electron chi connectivity index (χ4n) is 1.84. The van der Waals surface area contributed by atoms with Gasteiger partial charge in [0.15, 0.2) is 0 Å². The molecule has 0 amide bonds. The summed E-state index contributed by atoms with van der Waals surface area (Å²) in [6.45, 7) is 7.44. The third kappa shape index (κ3) is 3.67. The number of hydrogen-bond acceptors (Lipinski definition) is 2. The predicted molar refractivity (Wildman–Crippen MR) is 67.2 cm³/mol. The van der Waals surface area contributed by atoms with Gasteiger partial charge < -0.3 is 4.90 Å². The van der Waals surface area contributed by atoms with E-state index >= 15 is 0 Å². The zero-order valence-corrected chi connectivity index (χ0v) is 10.2. The standard InChI is InChI=1S/C14H20N2/c1-3-16(4-2)11-10-14(12-15)13-8-6-5-7-9-13/h5-9,14H,3-4,10-11H2,1-2H3/t14-/m1/s1. The molecular weight excluding hydrogens is 196 g/mol. The molecule has 16 heavy (non-hydrogen) atoms. The quantitative estimate of drug-likeness (QED) is 0.731. The highest BCUT2D eigenvalue weighted by Gasteiger charge is 2.11. The second-order valence-corrected chi connectivity index (χ2v) is 3.91.